The molecule has 0 aliphatic rings. The first-order valence-electron chi connectivity index (χ1n) is 5.73. The largest absolute Gasteiger partial charge is 0.383 e. The molecule has 3 heteroatoms. The third-order valence-corrected chi connectivity index (χ3v) is 3.02. The smallest absolute Gasteiger partial charge is 0.0615 e. The maximum absolute atomic E-state index is 5.20. The minimum atomic E-state index is 0.453. The van der Waals surface area contributed by atoms with Gasteiger partial charge in [-0.3, -0.25) is 0 Å². The van der Waals surface area contributed by atoms with E-state index in [9.17, 15) is 0 Å². The maximum Gasteiger partial charge on any atom is 0.0615 e. The third-order valence-electron chi connectivity index (χ3n) is 2.53. The van der Waals surface area contributed by atoms with Crippen LogP contribution in [0.4, 0.5) is 0 Å². The molecule has 0 bridgehead atoms. The van der Waals surface area contributed by atoms with Gasteiger partial charge in [-0.1, -0.05) is 35.0 Å². The zero-order valence-electron chi connectivity index (χ0n) is 10.0. The number of methoxy groups -OCH3 is 1. The molecule has 90 valence electrons. The van der Waals surface area contributed by atoms with E-state index in [1.54, 1.807) is 7.11 Å². The van der Waals surface area contributed by atoms with Gasteiger partial charge in [0.1, 0.15) is 0 Å². The Morgan fingerprint density at radius 3 is 2.88 bits per heavy atom. The van der Waals surface area contributed by atoms with Crippen LogP contribution >= 0.6 is 15.9 Å². The Labute approximate surface area is 107 Å². The zero-order valence-corrected chi connectivity index (χ0v) is 11.6. The van der Waals surface area contributed by atoms with Crippen LogP contribution < -0.4 is 5.32 Å². The van der Waals surface area contributed by atoms with Gasteiger partial charge in [-0.05, 0) is 37.1 Å². The van der Waals surface area contributed by atoms with Gasteiger partial charge < -0.3 is 10.1 Å². The van der Waals surface area contributed by atoms with Crippen LogP contribution in [0.15, 0.2) is 28.7 Å². The average Bonchev–Trinajstić information content (AvgIpc) is 2.27. The lowest BCUT2D eigenvalue weighted by Gasteiger charge is -2.16. The fraction of sp³-hybridized carbons (Fsp3) is 0.538. The fourth-order valence-corrected chi connectivity index (χ4v) is 2.21. The lowest BCUT2D eigenvalue weighted by molar-refractivity contribution is 0.163. The molecule has 0 heterocycles. The summed E-state index contributed by atoms with van der Waals surface area (Å²) in [4.78, 5) is 0. The average molecular weight is 286 g/mol. The lowest BCUT2D eigenvalue weighted by atomic mass is 10.1. The molecule has 0 saturated heterocycles. The Hall–Kier alpha value is -0.380. The SMILES string of the molecule is CCNC(CCc1cccc(Br)c1)COC. The molecule has 0 amide bonds. The molecule has 1 atom stereocenters. The van der Waals surface area contributed by atoms with Gasteiger partial charge in [0.2, 0.25) is 0 Å². The number of halogens is 1. The molecule has 0 aliphatic heterocycles. The molecule has 1 unspecified atom stereocenters. The van der Waals surface area contributed by atoms with Crippen molar-refractivity contribution < 1.29 is 4.74 Å². The number of benzene rings is 1. The molecule has 0 aromatic heterocycles. The molecule has 0 fully saturated rings. The normalized spacial score (nSPS) is 12.7. The van der Waals surface area contributed by atoms with Crippen LogP contribution in [0.25, 0.3) is 0 Å². The Morgan fingerprint density at radius 2 is 2.25 bits per heavy atom. The van der Waals surface area contributed by atoms with Gasteiger partial charge in [0.05, 0.1) is 6.61 Å². The first-order chi connectivity index (χ1) is 7.76. The summed E-state index contributed by atoms with van der Waals surface area (Å²) < 4.78 is 6.35. The molecule has 0 spiro atoms. The van der Waals surface area contributed by atoms with Crippen LogP contribution in [0.3, 0.4) is 0 Å². The van der Waals surface area contributed by atoms with Crippen molar-refractivity contribution >= 4 is 15.9 Å². The second-order valence-electron chi connectivity index (χ2n) is 3.88. The van der Waals surface area contributed by atoms with E-state index in [0.29, 0.717) is 6.04 Å². The van der Waals surface area contributed by atoms with Crippen molar-refractivity contribution in [1.82, 2.24) is 5.32 Å². The van der Waals surface area contributed by atoms with E-state index in [1.807, 2.05) is 0 Å². The number of likely N-dealkylation sites (N-methyl/N-ethyl adjacent to an activating group) is 1. The van der Waals surface area contributed by atoms with Crippen molar-refractivity contribution in [3.63, 3.8) is 0 Å². The van der Waals surface area contributed by atoms with Crippen molar-refractivity contribution in [2.24, 2.45) is 0 Å². The molecule has 1 aromatic rings. The van der Waals surface area contributed by atoms with Crippen LogP contribution in [0.5, 0.6) is 0 Å². The first kappa shape index (κ1) is 13.7. The minimum Gasteiger partial charge on any atom is -0.383 e. The highest BCUT2D eigenvalue weighted by Gasteiger charge is 2.06. The Bertz CT molecular complexity index is 298. The summed E-state index contributed by atoms with van der Waals surface area (Å²) in [5, 5.41) is 3.43. The second kappa shape index (κ2) is 7.82. The molecule has 16 heavy (non-hydrogen) atoms. The molecule has 1 rings (SSSR count). The van der Waals surface area contributed by atoms with E-state index in [4.69, 9.17) is 4.74 Å². The molecular formula is C13H20BrNO. The number of hydrogen-bond acceptors (Lipinski definition) is 2. The Kier molecular flexibility index (Phi) is 6.69. The molecule has 0 saturated carbocycles. The Balaban J connectivity index is 2.41. The van der Waals surface area contributed by atoms with E-state index in [-0.39, 0.29) is 0 Å². The summed E-state index contributed by atoms with van der Waals surface area (Å²) in [6.45, 7) is 3.90. The molecular weight excluding hydrogens is 266 g/mol. The van der Waals surface area contributed by atoms with Crippen LogP contribution in [0.2, 0.25) is 0 Å². The number of hydrogen-bond donors (Lipinski definition) is 1. The van der Waals surface area contributed by atoms with Gasteiger partial charge in [0, 0.05) is 17.6 Å². The highest BCUT2D eigenvalue weighted by atomic mass is 79.9. The zero-order chi connectivity index (χ0) is 11.8. The van der Waals surface area contributed by atoms with Crippen molar-refractivity contribution in [3.8, 4) is 0 Å². The van der Waals surface area contributed by atoms with Gasteiger partial charge in [-0.15, -0.1) is 0 Å². The topological polar surface area (TPSA) is 21.3 Å². The predicted molar refractivity (Wildman–Crippen MR) is 71.8 cm³/mol. The van der Waals surface area contributed by atoms with Crippen LogP contribution in [0, 0.1) is 0 Å². The van der Waals surface area contributed by atoms with Gasteiger partial charge in [-0.2, -0.15) is 0 Å². The quantitative estimate of drug-likeness (QED) is 0.832. The third kappa shape index (κ3) is 5.10. The first-order valence-corrected chi connectivity index (χ1v) is 6.52. The van der Waals surface area contributed by atoms with E-state index >= 15 is 0 Å². The van der Waals surface area contributed by atoms with Gasteiger partial charge in [0.15, 0.2) is 0 Å². The van der Waals surface area contributed by atoms with Crippen molar-refractivity contribution in [2.45, 2.75) is 25.8 Å². The second-order valence-corrected chi connectivity index (χ2v) is 4.79. The summed E-state index contributed by atoms with van der Waals surface area (Å²) >= 11 is 3.49. The van der Waals surface area contributed by atoms with Crippen molar-refractivity contribution in [2.75, 3.05) is 20.3 Å². The highest BCUT2D eigenvalue weighted by Crippen LogP contribution is 2.13. The van der Waals surface area contributed by atoms with Crippen LogP contribution in [-0.4, -0.2) is 26.3 Å². The van der Waals surface area contributed by atoms with E-state index < -0.39 is 0 Å². The van der Waals surface area contributed by atoms with E-state index in [0.717, 1.165) is 30.5 Å². The molecule has 1 N–H and O–H groups in total. The standard InChI is InChI=1S/C13H20BrNO/c1-3-15-13(10-16-2)8-7-11-5-4-6-12(14)9-11/h4-6,9,13,15H,3,7-8,10H2,1-2H3. The molecule has 0 radical (unpaired) electrons. The van der Waals surface area contributed by atoms with Crippen LogP contribution in [-0.2, 0) is 11.2 Å². The minimum absolute atomic E-state index is 0.453. The molecule has 2 nitrogen and oxygen atoms in total. The number of ether oxygens (including phenoxy) is 1. The fourth-order valence-electron chi connectivity index (χ4n) is 1.77. The van der Waals surface area contributed by atoms with Crippen molar-refractivity contribution in [1.29, 1.82) is 0 Å². The number of rotatable bonds is 7. The summed E-state index contributed by atoms with van der Waals surface area (Å²) in [7, 11) is 1.75. The Morgan fingerprint density at radius 1 is 1.44 bits per heavy atom. The molecule has 0 aliphatic carbocycles. The highest BCUT2D eigenvalue weighted by molar-refractivity contribution is 9.10. The van der Waals surface area contributed by atoms with Gasteiger partial charge >= 0.3 is 0 Å². The van der Waals surface area contributed by atoms with Crippen LogP contribution in [0.1, 0.15) is 18.9 Å². The predicted octanol–water partition coefficient (Wildman–Crippen LogP) is 3.01. The van der Waals surface area contributed by atoms with Gasteiger partial charge in [0.25, 0.3) is 0 Å². The van der Waals surface area contributed by atoms with Crippen molar-refractivity contribution in [3.05, 3.63) is 34.3 Å². The maximum atomic E-state index is 5.20. The summed E-state index contributed by atoms with van der Waals surface area (Å²) in [5.41, 5.74) is 1.37. The summed E-state index contributed by atoms with van der Waals surface area (Å²) in [6, 6.07) is 8.93. The summed E-state index contributed by atoms with van der Waals surface area (Å²) in [6.07, 6.45) is 2.19. The van der Waals surface area contributed by atoms with E-state index in [1.165, 1.54) is 5.56 Å². The lowest BCUT2D eigenvalue weighted by Crippen LogP contribution is -2.33. The van der Waals surface area contributed by atoms with Gasteiger partial charge in [-0.25, -0.2) is 0 Å². The number of aryl methyl sites for hydroxylation is 1. The molecule has 1 aromatic carbocycles. The monoisotopic (exact) mass is 285 g/mol. The summed E-state index contributed by atoms with van der Waals surface area (Å²) in [5.74, 6) is 0. The number of nitrogens with one attached hydrogen (secondary N) is 1. The van der Waals surface area contributed by atoms with E-state index in [2.05, 4.69) is 52.4 Å².